The number of alkyl halides is 2. The smallest absolute Gasteiger partial charge is 0.280 e. The highest BCUT2D eigenvalue weighted by Gasteiger charge is 2.26. The first-order valence-electron chi connectivity index (χ1n) is 7.02. The number of rotatable bonds is 4. The fourth-order valence-corrected chi connectivity index (χ4v) is 2.42. The molecule has 1 aliphatic heterocycles. The van der Waals surface area contributed by atoms with Crippen LogP contribution < -0.4 is 10.6 Å². The summed E-state index contributed by atoms with van der Waals surface area (Å²) in [5.41, 5.74) is 0.964. The fourth-order valence-electron chi connectivity index (χ4n) is 2.29. The molecule has 2 aromatic rings. The zero-order valence-corrected chi connectivity index (χ0v) is 13.1. The molecule has 0 saturated carbocycles. The number of fused-ring (bicyclic) bond motifs is 1. The number of carbonyl (C=O) groups excluding carboxylic acids is 1. The third-order valence-electron chi connectivity index (χ3n) is 3.45. The summed E-state index contributed by atoms with van der Waals surface area (Å²) >= 11 is 5.81. The molecule has 0 saturated heterocycles. The molecule has 5 nitrogen and oxygen atoms in total. The van der Waals surface area contributed by atoms with E-state index < -0.39 is 12.3 Å². The van der Waals surface area contributed by atoms with Crippen molar-refractivity contribution in [3.8, 4) is 0 Å². The Balaban J connectivity index is 1.79. The Bertz CT molecular complexity index is 827. The number of benzene rings is 1. The van der Waals surface area contributed by atoms with Gasteiger partial charge in [-0.25, -0.2) is 13.5 Å². The van der Waals surface area contributed by atoms with Crippen molar-refractivity contribution in [1.82, 2.24) is 15.1 Å². The molecule has 0 radical (unpaired) electrons. The second kappa shape index (κ2) is 6.45. The molecule has 0 atom stereocenters. The Morgan fingerprint density at radius 3 is 2.75 bits per heavy atom. The number of hydrogen-bond acceptors (Lipinski definition) is 3. The molecule has 0 fully saturated rings. The van der Waals surface area contributed by atoms with Crippen LogP contribution in [0.1, 0.15) is 15.9 Å². The van der Waals surface area contributed by atoms with Gasteiger partial charge in [0, 0.05) is 17.3 Å². The molecule has 1 aliphatic rings. The molecule has 1 amide bonds. The van der Waals surface area contributed by atoms with E-state index in [9.17, 15) is 13.6 Å². The van der Waals surface area contributed by atoms with Gasteiger partial charge < -0.3 is 10.6 Å². The van der Waals surface area contributed by atoms with E-state index in [1.54, 1.807) is 24.3 Å². The minimum absolute atomic E-state index is 0.163. The fraction of sp³-hybridized carbons (Fsp3) is 0.125. The summed E-state index contributed by atoms with van der Waals surface area (Å²) in [5.74, 6) is -0.256. The number of carbonyl (C=O) groups is 1. The first-order valence-corrected chi connectivity index (χ1v) is 7.40. The molecule has 0 spiro atoms. The zero-order chi connectivity index (χ0) is 17.3. The standard InChI is InChI=1S/C16H13ClF2N4O/c1-9-6-13(14(18)19)23-15(22-9)12(8-21-23)16(24)20-7-10-2-4-11(17)5-3-10/h2-6,8,14,22H,1,7H2,(H,20,24). The molecule has 1 aromatic heterocycles. The van der Waals surface area contributed by atoms with Crippen LogP contribution in [0, 0.1) is 0 Å². The number of nitrogens with zero attached hydrogens (tertiary/aromatic N) is 2. The molecule has 24 heavy (non-hydrogen) atoms. The van der Waals surface area contributed by atoms with Gasteiger partial charge in [-0.05, 0) is 23.8 Å². The number of allylic oxidation sites excluding steroid dienone is 2. The zero-order valence-electron chi connectivity index (χ0n) is 12.4. The molecular formula is C16H13ClF2N4O. The van der Waals surface area contributed by atoms with Crippen LogP contribution in [0.5, 0.6) is 0 Å². The highest BCUT2D eigenvalue weighted by atomic mass is 35.5. The molecule has 124 valence electrons. The lowest BCUT2D eigenvalue weighted by molar-refractivity contribution is 0.0951. The Labute approximate surface area is 141 Å². The molecule has 1 aromatic carbocycles. The average Bonchev–Trinajstić information content (AvgIpc) is 2.96. The van der Waals surface area contributed by atoms with Gasteiger partial charge in [0.05, 0.1) is 6.20 Å². The van der Waals surface area contributed by atoms with Crippen molar-refractivity contribution in [2.24, 2.45) is 0 Å². The summed E-state index contributed by atoms with van der Waals surface area (Å²) in [5, 5.41) is 9.99. The highest BCUT2D eigenvalue weighted by Crippen LogP contribution is 2.29. The van der Waals surface area contributed by atoms with Crippen LogP contribution in [-0.2, 0) is 6.54 Å². The van der Waals surface area contributed by atoms with Gasteiger partial charge in [-0.2, -0.15) is 5.10 Å². The second-order valence-corrected chi connectivity index (χ2v) is 5.58. The number of aromatic nitrogens is 2. The van der Waals surface area contributed by atoms with Crippen molar-refractivity contribution in [3.05, 3.63) is 65.0 Å². The molecule has 0 bridgehead atoms. The molecular weight excluding hydrogens is 338 g/mol. The van der Waals surface area contributed by atoms with E-state index in [0.29, 0.717) is 5.02 Å². The maximum absolute atomic E-state index is 13.1. The lowest BCUT2D eigenvalue weighted by Gasteiger charge is -2.19. The minimum atomic E-state index is -2.73. The molecule has 2 heterocycles. The number of nitrogens with one attached hydrogen (secondary N) is 2. The maximum Gasteiger partial charge on any atom is 0.280 e. The van der Waals surface area contributed by atoms with E-state index in [-0.39, 0.29) is 29.3 Å². The van der Waals surface area contributed by atoms with Gasteiger partial charge >= 0.3 is 0 Å². The van der Waals surface area contributed by atoms with Gasteiger partial charge in [-0.1, -0.05) is 30.3 Å². The maximum atomic E-state index is 13.1. The molecule has 2 N–H and O–H groups in total. The molecule has 3 rings (SSSR count). The van der Waals surface area contributed by atoms with Crippen molar-refractivity contribution in [3.63, 3.8) is 0 Å². The summed E-state index contributed by atoms with van der Waals surface area (Å²) in [6.07, 6.45) is -0.290. The van der Waals surface area contributed by atoms with Crippen molar-refractivity contribution in [1.29, 1.82) is 0 Å². The van der Waals surface area contributed by atoms with Crippen LogP contribution in [0.25, 0.3) is 5.70 Å². The molecule has 0 aliphatic carbocycles. The van der Waals surface area contributed by atoms with Crippen molar-refractivity contribution < 1.29 is 13.6 Å². The number of amides is 1. The first kappa shape index (κ1) is 16.2. The van der Waals surface area contributed by atoms with Gasteiger partial charge in [0.1, 0.15) is 17.1 Å². The van der Waals surface area contributed by atoms with E-state index in [1.807, 2.05) is 0 Å². The second-order valence-electron chi connectivity index (χ2n) is 5.15. The van der Waals surface area contributed by atoms with Gasteiger partial charge in [0.15, 0.2) is 0 Å². The van der Waals surface area contributed by atoms with E-state index in [1.165, 1.54) is 12.3 Å². The van der Waals surface area contributed by atoms with E-state index >= 15 is 0 Å². The Morgan fingerprint density at radius 1 is 1.38 bits per heavy atom. The van der Waals surface area contributed by atoms with Gasteiger partial charge in [0.25, 0.3) is 12.3 Å². The minimum Gasteiger partial charge on any atom is -0.348 e. The quantitative estimate of drug-likeness (QED) is 0.887. The predicted molar refractivity (Wildman–Crippen MR) is 87.9 cm³/mol. The Morgan fingerprint density at radius 2 is 2.08 bits per heavy atom. The summed E-state index contributed by atoms with van der Waals surface area (Å²) in [6.45, 7) is 3.90. The van der Waals surface area contributed by atoms with Crippen LogP contribution in [0.15, 0.2) is 48.8 Å². The van der Waals surface area contributed by atoms with E-state index in [0.717, 1.165) is 10.2 Å². The summed E-state index contributed by atoms with van der Waals surface area (Å²) in [4.78, 5) is 12.3. The predicted octanol–water partition coefficient (Wildman–Crippen LogP) is 3.51. The summed E-state index contributed by atoms with van der Waals surface area (Å²) < 4.78 is 27.2. The van der Waals surface area contributed by atoms with Gasteiger partial charge in [0.2, 0.25) is 0 Å². The van der Waals surface area contributed by atoms with Crippen molar-refractivity contribution in [2.75, 3.05) is 5.32 Å². The largest absolute Gasteiger partial charge is 0.348 e. The summed E-state index contributed by atoms with van der Waals surface area (Å²) in [7, 11) is 0. The van der Waals surface area contributed by atoms with Gasteiger partial charge in [-0.3, -0.25) is 4.79 Å². The van der Waals surface area contributed by atoms with Crippen LogP contribution >= 0.6 is 11.6 Å². The molecule has 8 heteroatoms. The van der Waals surface area contributed by atoms with Crippen LogP contribution in [0.4, 0.5) is 14.6 Å². The average molecular weight is 351 g/mol. The van der Waals surface area contributed by atoms with Crippen LogP contribution in [0.2, 0.25) is 5.02 Å². The third kappa shape index (κ3) is 3.16. The van der Waals surface area contributed by atoms with E-state index in [2.05, 4.69) is 22.3 Å². The highest BCUT2D eigenvalue weighted by molar-refractivity contribution is 6.30. The van der Waals surface area contributed by atoms with Crippen molar-refractivity contribution in [2.45, 2.75) is 13.0 Å². The summed E-state index contributed by atoms with van der Waals surface area (Å²) in [6, 6.07) is 7.01. The van der Waals surface area contributed by atoms with E-state index in [4.69, 9.17) is 11.6 Å². The lowest BCUT2D eigenvalue weighted by atomic mass is 10.2. The first-order chi connectivity index (χ1) is 11.5. The van der Waals surface area contributed by atoms with Crippen LogP contribution in [0.3, 0.4) is 0 Å². The Kier molecular flexibility index (Phi) is 4.35. The van der Waals surface area contributed by atoms with Crippen molar-refractivity contribution >= 4 is 29.0 Å². The number of hydrogen-bond donors (Lipinski definition) is 2. The normalized spacial score (nSPS) is 13.3. The van der Waals surface area contributed by atoms with Gasteiger partial charge in [-0.15, -0.1) is 0 Å². The Hall–Kier alpha value is -2.67. The number of anilines is 1. The third-order valence-corrected chi connectivity index (χ3v) is 3.70. The topological polar surface area (TPSA) is 59.0 Å². The SMILES string of the molecule is C=C1C=C(C(F)F)n2ncc(C(=O)NCc3ccc(Cl)cc3)c2N1. The lowest BCUT2D eigenvalue weighted by Crippen LogP contribution is -2.25. The molecule has 0 unspecified atom stereocenters. The number of halogens is 3. The monoisotopic (exact) mass is 350 g/mol. The van der Waals surface area contributed by atoms with Crippen LogP contribution in [-0.4, -0.2) is 22.1 Å².